The predicted molar refractivity (Wildman–Crippen MR) is 91.7 cm³/mol. The monoisotopic (exact) mass is 338 g/mol. The fraction of sp³-hybridized carbons (Fsp3) is 0.600. The number of hydrogen-bond acceptors (Lipinski definition) is 0. The lowest BCUT2D eigenvalue weighted by Crippen LogP contribution is -2.30. The first-order valence-corrected chi connectivity index (χ1v) is 9.21. The minimum absolute atomic E-state index is 0.280. The van der Waals surface area contributed by atoms with Crippen molar-refractivity contribution in [1.82, 2.24) is 0 Å². The molecule has 0 spiro atoms. The summed E-state index contributed by atoms with van der Waals surface area (Å²) in [5.74, 6) is 1.39. The smallest absolute Gasteiger partial charge is 0.145 e. The number of allylic oxidation sites excluding steroid dienone is 1. The van der Waals surface area contributed by atoms with E-state index in [1.807, 2.05) is 6.08 Å². The van der Waals surface area contributed by atoms with Gasteiger partial charge >= 0.3 is 0 Å². The zero-order valence-electron chi connectivity index (χ0n) is 13.5. The van der Waals surface area contributed by atoms with E-state index in [1.54, 1.807) is 0 Å². The summed E-state index contributed by atoms with van der Waals surface area (Å²) >= 11 is 5.60. The average Bonchev–Trinajstić information content (AvgIpc) is 2.56. The largest absolute Gasteiger partial charge is 0.205 e. The van der Waals surface area contributed by atoms with E-state index in [2.05, 4.69) is 6.58 Å². The second kappa shape index (κ2) is 7.34. The van der Waals surface area contributed by atoms with Crippen molar-refractivity contribution in [2.24, 2.45) is 17.8 Å². The summed E-state index contributed by atoms with van der Waals surface area (Å²) in [5, 5.41) is -0.384. The van der Waals surface area contributed by atoms with Crippen LogP contribution in [0, 0.1) is 29.4 Å². The maximum atomic E-state index is 13.7. The molecule has 2 fully saturated rings. The van der Waals surface area contributed by atoms with Crippen molar-refractivity contribution in [3.05, 3.63) is 47.0 Å². The molecule has 3 heteroatoms. The Hall–Kier alpha value is -0.890. The topological polar surface area (TPSA) is 0 Å². The van der Waals surface area contributed by atoms with Crippen molar-refractivity contribution in [3.8, 4) is 0 Å². The minimum atomic E-state index is -0.628. The Bertz CT molecular complexity index is 546. The minimum Gasteiger partial charge on any atom is -0.205 e. The molecule has 23 heavy (non-hydrogen) atoms. The van der Waals surface area contributed by atoms with Crippen LogP contribution < -0.4 is 0 Å². The molecule has 0 aliphatic heterocycles. The summed E-state index contributed by atoms with van der Waals surface area (Å²) in [6, 6.07) is 2.87. The standard InChI is InChI=1S/C20H25ClF2/c1-2-3-4-13-5-6-15-10-16(8-7-14(15)9-13)17-11-18(22)20(21)19(23)12-17/h2,11-16H,1,3-10H2/t13-,14-,15-,16?/m1/s1. The van der Waals surface area contributed by atoms with Gasteiger partial charge in [0.1, 0.15) is 16.7 Å². The third-order valence-corrected chi connectivity index (χ3v) is 6.34. The molecule has 0 radical (unpaired) electrons. The maximum Gasteiger partial charge on any atom is 0.145 e. The molecule has 126 valence electrons. The molecule has 4 atom stereocenters. The second-order valence-electron chi connectivity index (χ2n) is 7.37. The van der Waals surface area contributed by atoms with Crippen LogP contribution in [0.25, 0.3) is 0 Å². The number of fused-ring (bicyclic) bond motifs is 1. The van der Waals surface area contributed by atoms with Crippen LogP contribution in [0.5, 0.6) is 0 Å². The maximum absolute atomic E-state index is 13.7. The van der Waals surface area contributed by atoms with Crippen molar-refractivity contribution in [2.45, 2.75) is 57.3 Å². The van der Waals surface area contributed by atoms with Gasteiger partial charge in [-0.15, -0.1) is 6.58 Å². The molecule has 2 aliphatic rings. The van der Waals surface area contributed by atoms with E-state index >= 15 is 0 Å². The summed E-state index contributed by atoms with van der Waals surface area (Å²) in [7, 11) is 0. The average molecular weight is 339 g/mol. The quantitative estimate of drug-likeness (QED) is 0.414. The van der Waals surface area contributed by atoms with Crippen molar-refractivity contribution < 1.29 is 8.78 Å². The second-order valence-corrected chi connectivity index (χ2v) is 7.75. The van der Waals surface area contributed by atoms with E-state index in [0.29, 0.717) is 0 Å². The fourth-order valence-corrected chi connectivity index (χ4v) is 4.82. The van der Waals surface area contributed by atoms with Gasteiger partial charge in [0, 0.05) is 0 Å². The Morgan fingerprint density at radius 3 is 2.39 bits per heavy atom. The van der Waals surface area contributed by atoms with Gasteiger partial charge in [0.25, 0.3) is 0 Å². The highest BCUT2D eigenvalue weighted by molar-refractivity contribution is 6.30. The third-order valence-electron chi connectivity index (χ3n) is 5.98. The fourth-order valence-electron chi connectivity index (χ4n) is 4.72. The molecule has 0 aromatic heterocycles. The lowest BCUT2D eigenvalue weighted by molar-refractivity contribution is 0.115. The zero-order valence-corrected chi connectivity index (χ0v) is 14.3. The Labute approximate surface area is 142 Å². The number of benzene rings is 1. The number of rotatable bonds is 4. The third kappa shape index (κ3) is 3.79. The van der Waals surface area contributed by atoms with Gasteiger partial charge in [0.05, 0.1) is 0 Å². The van der Waals surface area contributed by atoms with Gasteiger partial charge in [0.2, 0.25) is 0 Å². The van der Waals surface area contributed by atoms with E-state index in [0.717, 1.165) is 42.6 Å². The van der Waals surface area contributed by atoms with Crippen LogP contribution >= 0.6 is 11.6 Å². The first kappa shape index (κ1) is 17.0. The lowest BCUT2D eigenvalue weighted by Gasteiger charge is -2.42. The van der Waals surface area contributed by atoms with Crippen LogP contribution in [0.1, 0.15) is 62.8 Å². The van der Waals surface area contributed by atoms with Crippen LogP contribution in [0.15, 0.2) is 24.8 Å². The van der Waals surface area contributed by atoms with Gasteiger partial charge in [-0.2, -0.15) is 0 Å². The summed E-state index contributed by atoms with van der Waals surface area (Å²) < 4.78 is 27.4. The van der Waals surface area contributed by atoms with Crippen molar-refractivity contribution in [3.63, 3.8) is 0 Å². The summed E-state index contributed by atoms with van der Waals surface area (Å²) in [4.78, 5) is 0. The molecule has 0 saturated heterocycles. The lowest BCUT2D eigenvalue weighted by atomic mass is 9.63. The molecule has 1 aromatic carbocycles. The van der Waals surface area contributed by atoms with Gasteiger partial charge in [-0.25, -0.2) is 8.78 Å². The van der Waals surface area contributed by atoms with Crippen LogP contribution in [0.4, 0.5) is 8.78 Å². The van der Waals surface area contributed by atoms with Crippen LogP contribution in [-0.2, 0) is 0 Å². The van der Waals surface area contributed by atoms with Gasteiger partial charge in [-0.3, -0.25) is 0 Å². The molecule has 1 aromatic rings. The Kier molecular flexibility index (Phi) is 5.41. The normalized spacial score (nSPS) is 30.7. The number of hydrogen-bond donors (Lipinski definition) is 0. The van der Waals surface area contributed by atoms with Crippen LogP contribution in [0.3, 0.4) is 0 Å². The van der Waals surface area contributed by atoms with Gasteiger partial charge in [0.15, 0.2) is 0 Å². The molecular weight excluding hydrogens is 314 g/mol. The molecule has 0 N–H and O–H groups in total. The highest BCUT2D eigenvalue weighted by Crippen LogP contribution is 2.48. The Morgan fingerprint density at radius 1 is 1.04 bits per heavy atom. The SMILES string of the molecule is C=CCC[C@@H]1CC[C@@H]2CC(c3cc(F)c(Cl)c(F)c3)CC[C@@H]2C1. The van der Waals surface area contributed by atoms with E-state index in [4.69, 9.17) is 11.6 Å². The van der Waals surface area contributed by atoms with E-state index in [1.165, 1.54) is 44.2 Å². The van der Waals surface area contributed by atoms with Gasteiger partial charge in [-0.05, 0) is 86.3 Å². The Balaban J connectivity index is 1.64. The number of halogens is 3. The molecule has 0 nitrogen and oxygen atoms in total. The first-order valence-electron chi connectivity index (χ1n) is 8.83. The molecular formula is C20H25ClF2. The Morgan fingerprint density at radius 2 is 1.70 bits per heavy atom. The molecule has 0 amide bonds. The van der Waals surface area contributed by atoms with Crippen molar-refractivity contribution >= 4 is 11.6 Å². The molecule has 0 heterocycles. The summed E-state index contributed by atoms with van der Waals surface area (Å²) in [6.07, 6.45) is 11.6. The van der Waals surface area contributed by atoms with Crippen LogP contribution in [0.2, 0.25) is 5.02 Å². The highest BCUT2D eigenvalue weighted by Gasteiger charge is 2.36. The van der Waals surface area contributed by atoms with E-state index < -0.39 is 11.6 Å². The summed E-state index contributed by atoms with van der Waals surface area (Å²) in [5.41, 5.74) is 0.789. The molecule has 2 aliphatic carbocycles. The molecule has 2 saturated carbocycles. The zero-order chi connectivity index (χ0) is 16.4. The van der Waals surface area contributed by atoms with Crippen molar-refractivity contribution in [2.75, 3.05) is 0 Å². The summed E-state index contributed by atoms with van der Waals surface area (Å²) in [6.45, 7) is 3.82. The van der Waals surface area contributed by atoms with E-state index in [9.17, 15) is 8.78 Å². The van der Waals surface area contributed by atoms with Crippen molar-refractivity contribution in [1.29, 1.82) is 0 Å². The highest BCUT2D eigenvalue weighted by atomic mass is 35.5. The first-order chi connectivity index (χ1) is 11.1. The van der Waals surface area contributed by atoms with E-state index in [-0.39, 0.29) is 10.9 Å². The van der Waals surface area contributed by atoms with Crippen LogP contribution in [-0.4, -0.2) is 0 Å². The van der Waals surface area contributed by atoms with Gasteiger partial charge in [-0.1, -0.05) is 24.1 Å². The molecule has 0 bridgehead atoms. The van der Waals surface area contributed by atoms with Gasteiger partial charge < -0.3 is 0 Å². The molecule has 1 unspecified atom stereocenters. The predicted octanol–water partition coefficient (Wildman–Crippen LogP) is 6.88. The molecule has 3 rings (SSSR count).